The van der Waals surface area contributed by atoms with Crippen LogP contribution in [0.4, 0.5) is 10.6 Å². The van der Waals surface area contributed by atoms with Gasteiger partial charge in [-0.25, -0.2) is 0 Å². The molecule has 0 aromatic rings. The van der Waals surface area contributed by atoms with E-state index in [-0.39, 0.29) is 56.1 Å². The van der Waals surface area contributed by atoms with Crippen LogP contribution >= 0.6 is 0 Å². The molecule has 0 aliphatic rings. The second-order valence-corrected chi connectivity index (χ2v) is 0.742. The van der Waals surface area contributed by atoms with Gasteiger partial charge in [-0.2, -0.15) is 0 Å². The van der Waals surface area contributed by atoms with Crippen molar-refractivity contribution in [2.75, 3.05) is 0 Å². The van der Waals surface area contributed by atoms with Crippen molar-refractivity contribution in [2.45, 2.75) is 0 Å². The van der Waals surface area contributed by atoms with E-state index in [1.165, 1.54) is 0 Å². The molecule has 0 bridgehead atoms. The maximum absolute atomic E-state index is 9.81. The Bertz CT molecular complexity index is 12.3. The minimum Gasteiger partial charge on any atom is -1.00 e. The van der Waals surface area contributed by atoms with Crippen LogP contribution in [0, 0.1) is 0 Å². The molecule has 0 aromatic heterocycles. The molecule has 32 valence electrons. The van der Waals surface area contributed by atoms with E-state index < -0.39 is 15.5 Å². The number of rotatable bonds is 0. The molecule has 0 unspecified atom stereocenters. The fourth-order valence-corrected chi connectivity index (χ4v) is 0. The Kier molecular flexibility index (Phi) is 26.1. The van der Waals surface area contributed by atoms with Gasteiger partial charge in [0.1, 0.15) is 0 Å². The molecule has 0 aromatic carbocycles. The molecule has 0 atom stereocenters. The molecule has 6 heteroatoms. The minimum atomic E-state index is -4.64. The average Bonchev–Trinajstić information content (AvgIpc) is 0.811. The van der Waals surface area contributed by atoms with Crippen molar-refractivity contribution in [1.29, 1.82) is 0 Å². The van der Waals surface area contributed by atoms with Crippen molar-refractivity contribution in [1.82, 2.24) is 0 Å². The zero-order valence-electron chi connectivity index (χ0n) is 3.09. The van der Waals surface area contributed by atoms with Gasteiger partial charge in [0.05, 0.1) is 0 Å². The molecule has 0 spiro atoms. The molecule has 0 saturated heterocycles. The van der Waals surface area contributed by atoms with Crippen molar-refractivity contribution in [3.8, 4) is 0 Å². The summed E-state index contributed by atoms with van der Waals surface area (Å²) in [5, 5.41) is 0. The van der Waals surface area contributed by atoms with Gasteiger partial charge in [-0.3, -0.25) is 0 Å². The van der Waals surface area contributed by atoms with Gasteiger partial charge in [0, 0.05) is 0 Å². The predicted octanol–water partition coefficient (Wildman–Crippen LogP) is -5.11. The van der Waals surface area contributed by atoms with E-state index in [0.717, 1.165) is 0 Å². The van der Waals surface area contributed by atoms with Gasteiger partial charge in [-0.05, 0) is 0 Å². The Labute approximate surface area is 80.7 Å². The second-order valence-electron chi connectivity index (χ2n) is 0.247. The summed E-state index contributed by atoms with van der Waals surface area (Å²) in [6.07, 6.45) is 0. The van der Waals surface area contributed by atoms with Crippen LogP contribution in [0.2, 0.25) is 0 Å². The summed E-state index contributed by atoms with van der Waals surface area (Å²) in [4.78, 5) is 0. The van der Waals surface area contributed by atoms with E-state index in [1.54, 1.807) is 0 Å². The Balaban J connectivity index is -0.0000000450. The van der Waals surface area contributed by atoms with Crippen LogP contribution < -0.4 is 56.1 Å². The van der Waals surface area contributed by atoms with Crippen LogP contribution in [0.15, 0.2) is 0 Å². The van der Waals surface area contributed by atoms with Crippen LogP contribution in [0.25, 0.3) is 0 Å². The first-order valence-corrected chi connectivity index (χ1v) is 1.96. The molecule has 0 rings (SSSR count). The summed E-state index contributed by atoms with van der Waals surface area (Å²) in [5.41, 5.74) is 0. The van der Waals surface area contributed by atoms with E-state index in [9.17, 15) is 10.6 Å². The van der Waals surface area contributed by atoms with Crippen molar-refractivity contribution in [3.05, 3.63) is 0 Å². The van der Waals surface area contributed by atoms with E-state index >= 15 is 0 Å². The summed E-state index contributed by atoms with van der Waals surface area (Å²) in [7, 11) is 0. The predicted molar refractivity (Wildman–Crippen MR) is 9.08 cm³/mol. The third-order valence-electron chi connectivity index (χ3n) is 0. The maximum Gasteiger partial charge on any atom is 1.04 e. The fourth-order valence-electron chi connectivity index (χ4n) is 0. The van der Waals surface area contributed by atoms with Gasteiger partial charge in [0.25, 0.3) is 0 Å². The van der Waals surface area contributed by atoms with Gasteiger partial charge in [0.2, 0.25) is 0 Å². The fraction of sp³-hybridized carbons (Fsp3) is 0. The molecule has 0 radical (unpaired) electrons. The Morgan fingerprint density at radius 3 is 1.00 bits per heavy atom. The van der Waals surface area contributed by atoms with Crippen molar-refractivity contribution in [2.24, 2.45) is 0 Å². The van der Waals surface area contributed by atoms with Crippen LogP contribution in [0.5, 0.6) is 0 Å². The first-order chi connectivity index (χ1) is 1.73. The van der Waals surface area contributed by atoms with E-state index in [2.05, 4.69) is 0 Å². The third kappa shape index (κ3) is 39.5. The molecule has 6 heavy (non-hydrogen) atoms. The summed E-state index contributed by atoms with van der Waals surface area (Å²) in [5.74, 6) is 0. The molecule has 0 amide bonds. The molecular formula is AlF4K. The van der Waals surface area contributed by atoms with E-state index in [4.69, 9.17) is 0 Å². The second kappa shape index (κ2) is 10.00. The summed E-state index contributed by atoms with van der Waals surface area (Å²) < 4.78 is 29.4. The van der Waals surface area contributed by atoms with Gasteiger partial charge in [0.15, 0.2) is 0 Å². The molecule has 0 heterocycles. The topological polar surface area (TPSA) is 0 Å². The van der Waals surface area contributed by atoms with Gasteiger partial charge >= 0.3 is 66.9 Å². The van der Waals surface area contributed by atoms with Crippen molar-refractivity contribution in [3.63, 3.8) is 0 Å². The third-order valence-corrected chi connectivity index (χ3v) is 0. The van der Waals surface area contributed by atoms with Gasteiger partial charge in [-0.15, -0.1) is 0 Å². The molecular weight excluding hydrogens is 142 g/mol. The zero-order chi connectivity index (χ0) is 3.58. The van der Waals surface area contributed by atoms with Gasteiger partial charge < -0.3 is 15.3 Å². The minimum absolute atomic E-state index is 0. The molecule has 0 saturated carbocycles. The van der Waals surface area contributed by atoms with Crippen LogP contribution in [0.1, 0.15) is 0 Å². The summed E-state index contributed by atoms with van der Waals surface area (Å²) in [6.45, 7) is 0. The molecule has 0 fully saturated rings. The Hall–Kier alpha value is 1.89. The van der Waals surface area contributed by atoms with Gasteiger partial charge in [-0.1, -0.05) is 0 Å². The standard InChI is InChI=1S/Al.4FH.K/h;4*1H;/q+3;;;;;+1/p-4. The average molecular weight is 142 g/mol. The Morgan fingerprint density at radius 1 is 1.00 bits per heavy atom. The number of hydrogen-bond acceptors (Lipinski definition) is 0. The Morgan fingerprint density at radius 2 is 1.00 bits per heavy atom. The van der Waals surface area contributed by atoms with Crippen LogP contribution in [-0.4, -0.2) is 15.5 Å². The molecule has 0 nitrogen and oxygen atoms in total. The SMILES string of the molecule is [F-].[F][Al]([F])[F].[K+]. The van der Waals surface area contributed by atoms with Crippen molar-refractivity contribution >= 4 is 15.5 Å². The molecule has 0 aliphatic carbocycles. The van der Waals surface area contributed by atoms with Crippen molar-refractivity contribution < 1.29 is 66.7 Å². The largest absolute Gasteiger partial charge is 1.04 e. The normalized spacial score (nSPS) is 4.50. The smallest absolute Gasteiger partial charge is 1.00 e. The zero-order valence-corrected chi connectivity index (χ0v) is 7.37. The molecule has 0 N–H and O–H groups in total. The van der Waals surface area contributed by atoms with E-state index in [0.29, 0.717) is 0 Å². The maximum atomic E-state index is 9.81. The monoisotopic (exact) mass is 142 g/mol. The quantitative estimate of drug-likeness (QED) is 0.234. The summed E-state index contributed by atoms with van der Waals surface area (Å²) in [6, 6.07) is 0. The first-order valence-electron chi connectivity index (χ1n) is 0.655. The van der Waals surface area contributed by atoms with Crippen LogP contribution in [-0.2, 0) is 0 Å². The molecule has 0 aliphatic heterocycles. The number of halogens is 4. The summed E-state index contributed by atoms with van der Waals surface area (Å²) >= 11 is -4.64. The number of hydrogen-bond donors (Lipinski definition) is 0. The first kappa shape index (κ1) is 15.7. The van der Waals surface area contributed by atoms with Crippen LogP contribution in [0.3, 0.4) is 0 Å². The van der Waals surface area contributed by atoms with E-state index in [1.807, 2.05) is 0 Å².